The molecule has 27 heavy (non-hydrogen) atoms. The van der Waals surface area contributed by atoms with Crippen molar-refractivity contribution in [3.8, 4) is 23.0 Å². The molecule has 0 saturated carbocycles. The first-order valence-electron chi connectivity index (χ1n) is 8.31. The maximum Gasteiger partial charge on any atom is 0.424 e. The Morgan fingerprint density at radius 3 is 2.44 bits per heavy atom. The van der Waals surface area contributed by atoms with Crippen LogP contribution in [0, 0.1) is 0 Å². The van der Waals surface area contributed by atoms with Crippen molar-refractivity contribution in [1.29, 1.82) is 0 Å². The highest BCUT2D eigenvalue weighted by Gasteiger charge is 2.47. The van der Waals surface area contributed by atoms with Crippen molar-refractivity contribution in [2.24, 2.45) is 0 Å². The van der Waals surface area contributed by atoms with Crippen LogP contribution in [-0.2, 0) is 6.42 Å². The van der Waals surface area contributed by atoms with Crippen molar-refractivity contribution in [2.75, 3.05) is 20.1 Å². The van der Waals surface area contributed by atoms with Crippen LogP contribution in [-0.4, -0.2) is 47.6 Å². The number of hydrogen-bond acceptors (Lipinski definition) is 7. The minimum atomic E-state index is -0.236. The van der Waals surface area contributed by atoms with Gasteiger partial charge in [0.2, 0.25) is 13.6 Å². The second kappa shape index (κ2) is 5.31. The highest BCUT2D eigenvalue weighted by molar-refractivity contribution is 6.53. The number of carbonyl (C=O) groups is 2. The molecule has 4 heterocycles. The van der Waals surface area contributed by atoms with E-state index < -0.39 is 0 Å². The van der Waals surface area contributed by atoms with Gasteiger partial charge in [0.15, 0.2) is 29.5 Å². The number of fused-ring (bicyclic) bond motifs is 6. The summed E-state index contributed by atoms with van der Waals surface area (Å²) in [6, 6.07) is 7.00. The first-order chi connectivity index (χ1) is 12.7. The Morgan fingerprint density at radius 1 is 0.852 bits per heavy atom. The maximum atomic E-state index is 13.3. The molecule has 4 aliphatic rings. The van der Waals surface area contributed by atoms with Crippen LogP contribution in [0.15, 0.2) is 24.3 Å². The largest absolute Gasteiger partial charge is 0.870 e. The van der Waals surface area contributed by atoms with Crippen molar-refractivity contribution in [2.45, 2.75) is 6.42 Å². The van der Waals surface area contributed by atoms with E-state index in [0.717, 1.165) is 11.1 Å². The van der Waals surface area contributed by atoms with E-state index in [9.17, 15) is 9.59 Å². The Kier molecular flexibility index (Phi) is 3.11. The molecule has 0 unspecified atom stereocenters. The molecule has 1 amide bonds. The smallest absolute Gasteiger partial charge is 0.424 e. The van der Waals surface area contributed by atoms with Gasteiger partial charge in [-0.3, -0.25) is 4.79 Å². The summed E-state index contributed by atoms with van der Waals surface area (Å²) in [6.45, 7) is 0.642. The SMILES string of the molecule is O=C1C2=[N+](CCc3cc4c(cc32)OCO4)C(=O)c2c1ccc1c2OCO1.[OH-]. The zero-order valence-electron chi connectivity index (χ0n) is 14.0. The van der Waals surface area contributed by atoms with Crippen LogP contribution in [0.2, 0.25) is 0 Å². The van der Waals surface area contributed by atoms with Crippen LogP contribution in [0.5, 0.6) is 23.0 Å². The summed E-state index contributed by atoms with van der Waals surface area (Å²) in [5.41, 5.74) is 2.72. The van der Waals surface area contributed by atoms with Gasteiger partial charge in [-0.2, -0.15) is 4.58 Å². The maximum absolute atomic E-state index is 13.3. The molecule has 0 atom stereocenters. The third-order valence-corrected chi connectivity index (χ3v) is 5.19. The van der Waals surface area contributed by atoms with Crippen molar-refractivity contribution < 1.29 is 38.6 Å². The Labute approximate surface area is 152 Å². The van der Waals surface area contributed by atoms with Crippen LogP contribution < -0.4 is 18.9 Å². The average Bonchev–Trinajstić information content (AvgIpc) is 3.31. The Bertz CT molecular complexity index is 1090. The lowest BCUT2D eigenvalue weighted by Crippen LogP contribution is -2.43. The van der Waals surface area contributed by atoms with Crippen molar-refractivity contribution in [1.82, 2.24) is 0 Å². The van der Waals surface area contributed by atoms with Crippen molar-refractivity contribution in [3.05, 3.63) is 46.5 Å². The lowest BCUT2D eigenvalue weighted by molar-refractivity contribution is -0.428. The number of amides is 1. The minimum Gasteiger partial charge on any atom is -0.870 e. The topological polar surface area (TPSA) is 104 Å². The molecule has 0 spiro atoms. The number of ketones is 1. The van der Waals surface area contributed by atoms with Gasteiger partial charge in [-0.25, -0.2) is 4.79 Å². The fraction of sp³-hybridized carbons (Fsp3) is 0.211. The second-order valence-corrected chi connectivity index (χ2v) is 6.47. The monoisotopic (exact) mass is 367 g/mol. The molecule has 4 aliphatic heterocycles. The normalized spacial score (nSPS) is 17.9. The molecule has 0 bridgehead atoms. The van der Waals surface area contributed by atoms with Crippen LogP contribution in [0.1, 0.15) is 31.8 Å². The lowest BCUT2D eigenvalue weighted by Gasteiger charge is -2.21. The summed E-state index contributed by atoms with van der Waals surface area (Å²) in [5.74, 6) is 1.69. The number of nitrogens with zero attached hydrogens (tertiary/aromatic N) is 1. The molecule has 6 rings (SSSR count). The van der Waals surface area contributed by atoms with E-state index in [-0.39, 0.29) is 36.3 Å². The Balaban J connectivity index is 0.00000160. The molecular formula is C19H13NO7. The molecule has 0 aromatic heterocycles. The van der Waals surface area contributed by atoms with Gasteiger partial charge in [0.1, 0.15) is 5.56 Å². The molecule has 2 aromatic rings. The molecule has 2 aromatic carbocycles. The molecular weight excluding hydrogens is 354 g/mol. The summed E-state index contributed by atoms with van der Waals surface area (Å²) < 4.78 is 23.2. The van der Waals surface area contributed by atoms with Crippen molar-refractivity contribution >= 4 is 17.4 Å². The Morgan fingerprint density at radius 2 is 1.59 bits per heavy atom. The van der Waals surface area contributed by atoms with Crippen LogP contribution in [0.3, 0.4) is 0 Å². The first kappa shape index (κ1) is 15.8. The number of rotatable bonds is 0. The molecule has 8 heteroatoms. The molecule has 0 fully saturated rings. The predicted molar refractivity (Wildman–Crippen MR) is 88.7 cm³/mol. The highest BCUT2D eigenvalue weighted by Crippen LogP contribution is 2.42. The second-order valence-electron chi connectivity index (χ2n) is 6.47. The fourth-order valence-corrected chi connectivity index (χ4v) is 3.99. The number of benzene rings is 2. The van der Waals surface area contributed by atoms with Gasteiger partial charge in [0.25, 0.3) is 11.5 Å². The summed E-state index contributed by atoms with van der Waals surface area (Å²) in [7, 11) is 0. The minimum absolute atomic E-state index is 0. The van der Waals surface area contributed by atoms with Gasteiger partial charge >= 0.3 is 5.91 Å². The van der Waals surface area contributed by atoms with Crippen molar-refractivity contribution in [3.63, 3.8) is 0 Å². The van der Waals surface area contributed by atoms with Crippen LogP contribution in [0.25, 0.3) is 0 Å². The van der Waals surface area contributed by atoms with Gasteiger partial charge < -0.3 is 24.4 Å². The molecule has 0 aliphatic carbocycles. The standard InChI is InChI=1S/C19H12NO6.H2O/c21-17-10-1-2-12-18(26-8-23-12)15(10)19(22)20-4-3-9-5-13-14(25-7-24-13)6-11(9)16(17)20;/h1-2,5-6H,3-4,7-8H2;1H2/q+1;/p-1. The number of Topliss-reactive ketones (excluding diaryl/α,β-unsaturated/α-hetero) is 1. The third-order valence-electron chi connectivity index (χ3n) is 5.19. The summed E-state index contributed by atoms with van der Waals surface area (Å²) in [4.78, 5) is 26.4. The summed E-state index contributed by atoms with van der Waals surface area (Å²) >= 11 is 0. The molecule has 1 N–H and O–H groups in total. The van der Waals surface area contributed by atoms with E-state index in [2.05, 4.69) is 0 Å². The van der Waals surface area contributed by atoms with Gasteiger partial charge in [-0.05, 0) is 29.8 Å². The van der Waals surface area contributed by atoms with E-state index in [0.29, 0.717) is 47.2 Å². The molecule has 136 valence electrons. The number of hydrogen-bond donors (Lipinski definition) is 0. The van der Waals surface area contributed by atoms with Gasteiger partial charge in [0.05, 0.1) is 11.1 Å². The van der Waals surface area contributed by atoms with Crippen LogP contribution >= 0.6 is 0 Å². The zero-order valence-corrected chi connectivity index (χ0v) is 14.0. The number of carbonyl (C=O) groups excluding carboxylic acids is 2. The van der Waals surface area contributed by atoms with Gasteiger partial charge in [-0.15, -0.1) is 0 Å². The predicted octanol–water partition coefficient (Wildman–Crippen LogP) is 1.36. The van der Waals surface area contributed by atoms with Crippen LogP contribution in [0.4, 0.5) is 0 Å². The average molecular weight is 367 g/mol. The highest BCUT2D eigenvalue weighted by atomic mass is 16.7. The zero-order chi connectivity index (χ0) is 17.4. The van der Waals surface area contributed by atoms with E-state index >= 15 is 0 Å². The van der Waals surface area contributed by atoms with E-state index in [1.165, 1.54) is 4.58 Å². The van der Waals surface area contributed by atoms with E-state index in [1.54, 1.807) is 18.2 Å². The summed E-state index contributed by atoms with van der Waals surface area (Å²) in [6.07, 6.45) is 0.635. The molecule has 0 saturated heterocycles. The van der Waals surface area contributed by atoms with Gasteiger partial charge in [-0.1, -0.05) is 0 Å². The first-order valence-corrected chi connectivity index (χ1v) is 8.31. The number of ether oxygens (including phenoxy) is 4. The van der Waals surface area contributed by atoms with E-state index in [4.69, 9.17) is 18.9 Å². The quantitative estimate of drug-likeness (QED) is 0.648. The molecule has 8 nitrogen and oxygen atoms in total. The van der Waals surface area contributed by atoms with Gasteiger partial charge in [0, 0.05) is 6.42 Å². The lowest BCUT2D eigenvalue weighted by atomic mass is 9.86. The third kappa shape index (κ3) is 1.93. The molecule has 0 radical (unpaired) electrons. The Hall–Kier alpha value is -3.39. The fourth-order valence-electron chi connectivity index (χ4n) is 3.99. The van der Waals surface area contributed by atoms with E-state index in [1.807, 2.05) is 6.07 Å². The summed E-state index contributed by atoms with van der Waals surface area (Å²) in [5, 5.41) is 0.